The molecule has 2 rings (SSSR count). The maximum atomic E-state index is 12.7. The molecular weight excluding hydrogens is 324 g/mol. The number of amides is 1. The third-order valence-corrected chi connectivity index (χ3v) is 4.89. The summed E-state index contributed by atoms with van der Waals surface area (Å²) < 4.78 is 23.4. The van der Waals surface area contributed by atoms with E-state index in [1.165, 1.54) is 6.07 Å². The molecule has 0 radical (unpaired) electrons. The van der Waals surface area contributed by atoms with Gasteiger partial charge in [-0.05, 0) is 31.0 Å². The fraction of sp³-hybridized carbons (Fsp3) is 0.533. The minimum atomic E-state index is -3.31. The van der Waals surface area contributed by atoms with E-state index < -0.39 is 9.84 Å². The first kappa shape index (κ1) is 18.9. The van der Waals surface area contributed by atoms with Crippen molar-refractivity contribution in [3.63, 3.8) is 0 Å². The third kappa shape index (κ3) is 4.21. The van der Waals surface area contributed by atoms with Gasteiger partial charge in [-0.25, -0.2) is 8.42 Å². The predicted molar refractivity (Wildman–Crippen MR) is 89.5 cm³/mol. The molecule has 124 valence electrons. The van der Waals surface area contributed by atoms with Gasteiger partial charge in [0.05, 0.1) is 4.90 Å². The normalized spacial score (nSPS) is 18.7. The Hall–Kier alpha value is -1.11. The smallest absolute Gasteiger partial charge is 0.254 e. The van der Waals surface area contributed by atoms with Gasteiger partial charge < -0.3 is 10.2 Å². The molecule has 1 aliphatic heterocycles. The number of halogens is 1. The average Bonchev–Trinajstić information content (AvgIpc) is 2.44. The van der Waals surface area contributed by atoms with E-state index in [1.54, 1.807) is 17.0 Å². The Morgan fingerprint density at radius 1 is 1.41 bits per heavy atom. The quantitative estimate of drug-likeness (QED) is 0.901. The Morgan fingerprint density at radius 3 is 2.64 bits per heavy atom. The zero-order valence-corrected chi connectivity index (χ0v) is 14.8. The number of rotatable bonds is 3. The molecule has 5 nitrogen and oxygen atoms in total. The number of hydrogen-bond donors (Lipinski definition) is 1. The number of carbonyl (C=O) groups excluding carboxylic acids is 1. The molecule has 1 amide bonds. The van der Waals surface area contributed by atoms with E-state index in [9.17, 15) is 13.2 Å². The average molecular weight is 347 g/mol. The number of hydrogen-bond acceptors (Lipinski definition) is 4. The van der Waals surface area contributed by atoms with Crippen LogP contribution in [0.4, 0.5) is 0 Å². The molecule has 0 saturated carbocycles. The van der Waals surface area contributed by atoms with E-state index in [0.717, 1.165) is 18.4 Å². The van der Waals surface area contributed by atoms with Gasteiger partial charge in [0.25, 0.3) is 5.91 Å². The van der Waals surface area contributed by atoms with Crippen molar-refractivity contribution in [2.24, 2.45) is 0 Å². The van der Waals surface area contributed by atoms with Crippen LogP contribution in [0, 0.1) is 0 Å². The number of piperazine rings is 1. The van der Waals surface area contributed by atoms with Crippen molar-refractivity contribution in [2.45, 2.75) is 31.2 Å². The van der Waals surface area contributed by atoms with Crippen LogP contribution in [0.2, 0.25) is 0 Å². The van der Waals surface area contributed by atoms with E-state index in [4.69, 9.17) is 0 Å². The van der Waals surface area contributed by atoms with Gasteiger partial charge in [-0.1, -0.05) is 13.0 Å². The van der Waals surface area contributed by atoms with E-state index >= 15 is 0 Å². The van der Waals surface area contributed by atoms with Crippen LogP contribution in [0.25, 0.3) is 0 Å². The molecule has 1 saturated heterocycles. The SMILES string of the molecule is CCc1ccc(S(C)(=O)=O)cc1C(=O)N1CCN[C@H](C)C1.Cl. The van der Waals surface area contributed by atoms with Crippen LogP contribution >= 0.6 is 12.4 Å². The van der Waals surface area contributed by atoms with Crippen molar-refractivity contribution in [1.82, 2.24) is 10.2 Å². The van der Waals surface area contributed by atoms with Gasteiger partial charge in [-0.15, -0.1) is 12.4 Å². The molecular formula is C15H23ClN2O3S. The van der Waals surface area contributed by atoms with Crippen LogP contribution in [-0.2, 0) is 16.3 Å². The van der Waals surface area contributed by atoms with Crippen LogP contribution in [-0.4, -0.2) is 51.2 Å². The van der Waals surface area contributed by atoms with Crippen molar-refractivity contribution < 1.29 is 13.2 Å². The van der Waals surface area contributed by atoms with Crippen molar-refractivity contribution >= 4 is 28.2 Å². The molecule has 1 aromatic carbocycles. The lowest BCUT2D eigenvalue weighted by Gasteiger charge is -2.32. The van der Waals surface area contributed by atoms with E-state index in [0.29, 0.717) is 25.1 Å². The molecule has 0 bridgehead atoms. The largest absolute Gasteiger partial charge is 0.336 e. The molecule has 1 fully saturated rings. The molecule has 1 N–H and O–H groups in total. The summed E-state index contributed by atoms with van der Waals surface area (Å²) in [5.41, 5.74) is 1.40. The van der Waals surface area contributed by atoms with Crippen LogP contribution in [0.5, 0.6) is 0 Å². The van der Waals surface area contributed by atoms with Gasteiger partial charge in [0, 0.05) is 37.5 Å². The van der Waals surface area contributed by atoms with Gasteiger partial charge in [0.15, 0.2) is 9.84 Å². The van der Waals surface area contributed by atoms with Crippen LogP contribution in [0.15, 0.2) is 23.1 Å². The van der Waals surface area contributed by atoms with Crippen LogP contribution in [0.1, 0.15) is 29.8 Å². The molecule has 0 spiro atoms. The molecule has 0 unspecified atom stereocenters. The second-order valence-corrected chi connectivity index (χ2v) is 7.57. The molecule has 7 heteroatoms. The maximum absolute atomic E-state index is 12.7. The minimum absolute atomic E-state index is 0. The summed E-state index contributed by atoms with van der Waals surface area (Å²) in [7, 11) is -3.31. The molecule has 22 heavy (non-hydrogen) atoms. The highest BCUT2D eigenvalue weighted by Crippen LogP contribution is 2.19. The molecule has 1 heterocycles. The second-order valence-electron chi connectivity index (χ2n) is 5.55. The Labute approximate surface area is 138 Å². The maximum Gasteiger partial charge on any atom is 0.254 e. The van der Waals surface area contributed by atoms with Gasteiger partial charge >= 0.3 is 0 Å². The van der Waals surface area contributed by atoms with Gasteiger partial charge in [0.2, 0.25) is 0 Å². The fourth-order valence-electron chi connectivity index (χ4n) is 2.58. The molecule has 1 aliphatic rings. The number of aryl methyl sites for hydroxylation is 1. The number of nitrogens with one attached hydrogen (secondary N) is 1. The molecule has 1 atom stereocenters. The van der Waals surface area contributed by atoms with Crippen molar-refractivity contribution in [2.75, 3.05) is 25.9 Å². The zero-order chi connectivity index (χ0) is 15.6. The predicted octanol–water partition coefficient (Wildman–Crippen LogP) is 1.51. The highest BCUT2D eigenvalue weighted by Gasteiger charge is 2.24. The first-order valence-electron chi connectivity index (χ1n) is 7.18. The highest BCUT2D eigenvalue weighted by atomic mass is 35.5. The summed E-state index contributed by atoms with van der Waals surface area (Å²) in [6.07, 6.45) is 1.86. The number of sulfone groups is 1. The lowest BCUT2D eigenvalue weighted by Crippen LogP contribution is -2.51. The highest BCUT2D eigenvalue weighted by molar-refractivity contribution is 7.90. The van der Waals surface area contributed by atoms with Crippen LogP contribution in [0.3, 0.4) is 0 Å². The Kier molecular flexibility index (Phi) is 6.40. The zero-order valence-electron chi connectivity index (χ0n) is 13.1. The fourth-order valence-corrected chi connectivity index (χ4v) is 3.23. The van der Waals surface area contributed by atoms with Gasteiger partial charge in [-0.3, -0.25) is 4.79 Å². The monoisotopic (exact) mass is 346 g/mol. The minimum Gasteiger partial charge on any atom is -0.336 e. The second kappa shape index (κ2) is 7.44. The van der Waals surface area contributed by atoms with Crippen LogP contribution < -0.4 is 5.32 Å². The molecule has 1 aromatic rings. The van der Waals surface area contributed by atoms with Crippen molar-refractivity contribution in [1.29, 1.82) is 0 Å². The van der Waals surface area contributed by atoms with Gasteiger partial charge in [0.1, 0.15) is 0 Å². The third-order valence-electron chi connectivity index (χ3n) is 3.78. The first-order valence-corrected chi connectivity index (χ1v) is 9.07. The van der Waals surface area contributed by atoms with Crippen molar-refractivity contribution in [3.05, 3.63) is 29.3 Å². The Bertz CT molecular complexity index is 646. The Morgan fingerprint density at radius 2 is 2.09 bits per heavy atom. The number of nitrogens with zero attached hydrogens (tertiary/aromatic N) is 1. The number of carbonyl (C=O) groups is 1. The Balaban J connectivity index is 0.00000242. The standard InChI is InChI=1S/C15H22N2O3S.ClH/c1-4-12-5-6-13(21(3,19)20)9-14(12)15(18)17-8-7-16-11(2)10-17;/h5-6,9,11,16H,4,7-8,10H2,1-3H3;1H/t11-;/m1./s1. The summed E-state index contributed by atoms with van der Waals surface area (Å²) in [5.74, 6) is -0.0781. The lowest BCUT2D eigenvalue weighted by atomic mass is 10.0. The molecule has 0 aromatic heterocycles. The topological polar surface area (TPSA) is 66.5 Å². The summed E-state index contributed by atoms with van der Waals surface area (Å²) in [5, 5.41) is 3.29. The summed E-state index contributed by atoms with van der Waals surface area (Å²) >= 11 is 0. The number of benzene rings is 1. The van der Waals surface area contributed by atoms with E-state index in [1.807, 2.05) is 13.8 Å². The summed E-state index contributed by atoms with van der Waals surface area (Å²) in [6.45, 7) is 6.06. The first-order chi connectivity index (χ1) is 9.82. The van der Waals surface area contributed by atoms with Crippen molar-refractivity contribution in [3.8, 4) is 0 Å². The van der Waals surface area contributed by atoms with Gasteiger partial charge in [-0.2, -0.15) is 0 Å². The summed E-state index contributed by atoms with van der Waals surface area (Å²) in [4.78, 5) is 14.7. The lowest BCUT2D eigenvalue weighted by molar-refractivity contribution is 0.0707. The summed E-state index contributed by atoms with van der Waals surface area (Å²) in [6, 6.07) is 5.09. The van der Waals surface area contributed by atoms with E-state index in [-0.39, 0.29) is 29.3 Å². The molecule has 0 aliphatic carbocycles. The van der Waals surface area contributed by atoms with E-state index in [2.05, 4.69) is 5.32 Å².